The van der Waals surface area contributed by atoms with Crippen LogP contribution in [0.25, 0.3) is 16.8 Å². The highest BCUT2D eigenvalue weighted by Crippen LogP contribution is 2.29. The van der Waals surface area contributed by atoms with Gasteiger partial charge in [-0.25, -0.2) is 9.50 Å². The first-order valence-corrected chi connectivity index (χ1v) is 10.2. The molecule has 3 aromatic rings. The normalized spacial score (nSPS) is 14.7. The third-order valence-corrected chi connectivity index (χ3v) is 5.74. The number of thiophene rings is 1. The molecule has 0 bridgehead atoms. The number of nitrogens with zero attached hydrogens (tertiary/aromatic N) is 4. The van der Waals surface area contributed by atoms with E-state index in [0.29, 0.717) is 4.88 Å². The molecule has 4 heterocycles. The first-order valence-electron chi connectivity index (χ1n) is 9.28. The molecule has 8 nitrogen and oxygen atoms in total. The van der Waals surface area contributed by atoms with E-state index in [1.807, 2.05) is 23.8 Å². The molecular formula is C19H25ClN6O2S. The van der Waals surface area contributed by atoms with E-state index < -0.39 is 5.54 Å². The summed E-state index contributed by atoms with van der Waals surface area (Å²) < 4.78 is 1.79. The molecule has 1 fully saturated rings. The molecule has 1 aliphatic heterocycles. The second-order valence-corrected chi connectivity index (χ2v) is 8.48. The lowest BCUT2D eigenvalue weighted by Gasteiger charge is -2.28. The highest BCUT2D eigenvalue weighted by atomic mass is 35.5. The summed E-state index contributed by atoms with van der Waals surface area (Å²) in [6.45, 7) is 7.28. The summed E-state index contributed by atoms with van der Waals surface area (Å²) in [6, 6.07) is 1.84. The molecule has 1 amide bonds. The average Bonchev–Trinajstić information content (AvgIpc) is 3.35. The molecule has 0 unspecified atom stereocenters. The number of nitrogens with one attached hydrogen (secondary N) is 2. The van der Waals surface area contributed by atoms with Gasteiger partial charge in [-0.1, -0.05) is 0 Å². The molecule has 0 radical (unpaired) electrons. The summed E-state index contributed by atoms with van der Waals surface area (Å²) in [5, 5.41) is 21.9. The molecule has 29 heavy (non-hydrogen) atoms. The maximum atomic E-state index is 12.4. The van der Waals surface area contributed by atoms with Crippen LogP contribution in [0.1, 0.15) is 23.5 Å². The van der Waals surface area contributed by atoms with E-state index in [1.165, 1.54) is 11.3 Å². The van der Waals surface area contributed by atoms with E-state index in [4.69, 9.17) is 0 Å². The molecule has 3 N–H and O–H groups in total. The number of aliphatic hydroxyl groups is 1. The molecule has 1 aliphatic rings. The van der Waals surface area contributed by atoms with Crippen LogP contribution < -0.4 is 15.5 Å². The van der Waals surface area contributed by atoms with Crippen molar-refractivity contribution in [2.45, 2.75) is 19.4 Å². The van der Waals surface area contributed by atoms with Gasteiger partial charge in [0, 0.05) is 31.7 Å². The summed E-state index contributed by atoms with van der Waals surface area (Å²) in [5.41, 5.74) is 2.96. The molecule has 0 aromatic carbocycles. The summed E-state index contributed by atoms with van der Waals surface area (Å²) in [7, 11) is 0. The number of aliphatic hydroxyl groups excluding tert-OH is 1. The number of aromatic nitrogens is 3. The number of hydrogen-bond donors (Lipinski definition) is 3. The quantitative estimate of drug-likeness (QED) is 0.564. The first kappa shape index (κ1) is 21.5. The Labute approximate surface area is 179 Å². The third-order valence-electron chi connectivity index (χ3n) is 4.81. The zero-order valence-electron chi connectivity index (χ0n) is 16.4. The molecule has 0 aliphatic carbocycles. The molecular weight excluding hydrogens is 412 g/mol. The summed E-state index contributed by atoms with van der Waals surface area (Å²) in [6.07, 6.45) is 5.67. The van der Waals surface area contributed by atoms with Gasteiger partial charge in [0.05, 0.1) is 41.3 Å². The van der Waals surface area contributed by atoms with Crippen LogP contribution in [0.4, 0.5) is 5.69 Å². The van der Waals surface area contributed by atoms with Crippen molar-refractivity contribution in [1.29, 1.82) is 0 Å². The van der Waals surface area contributed by atoms with Crippen molar-refractivity contribution < 1.29 is 9.90 Å². The molecule has 4 rings (SSSR count). The smallest absolute Gasteiger partial charge is 0.261 e. The minimum atomic E-state index is -0.659. The van der Waals surface area contributed by atoms with E-state index in [-0.39, 0.29) is 24.9 Å². The lowest BCUT2D eigenvalue weighted by atomic mass is 10.1. The van der Waals surface area contributed by atoms with Crippen LogP contribution >= 0.6 is 23.7 Å². The number of fused-ring (bicyclic) bond motifs is 1. The number of rotatable bonds is 5. The van der Waals surface area contributed by atoms with E-state index in [9.17, 15) is 9.90 Å². The fourth-order valence-corrected chi connectivity index (χ4v) is 3.96. The predicted octanol–water partition coefficient (Wildman–Crippen LogP) is 1.79. The van der Waals surface area contributed by atoms with E-state index in [0.717, 1.165) is 48.6 Å². The van der Waals surface area contributed by atoms with Crippen LogP contribution in [0.15, 0.2) is 30.0 Å². The highest BCUT2D eigenvalue weighted by molar-refractivity contribution is 7.12. The van der Waals surface area contributed by atoms with Gasteiger partial charge >= 0.3 is 0 Å². The SMILES string of the molecule is CC(C)(CO)NC(=O)c1cc(-c2cnn3cc(N4CCNCC4)cnc23)cs1.Cl. The Bertz CT molecular complexity index is 996. The number of anilines is 1. The Morgan fingerprint density at radius 1 is 1.34 bits per heavy atom. The number of carbonyl (C=O) groups is 1. The van der Waals surface area contributed by atoms with Crippen molar-refractivity contribution in [2.75, 3.05) is 37.7 Å². The van der Waals surface area contributed by atoms with Gasteiger partial charge in [0.1, 0.15) is 0 Å². The van der Waals surface area contributed by atoms with Crippen LogP contribution in [0.2, 0.25) is 0 Å². The van der Waals surface area contributed by atoms with Gasteiger partial charge in [0.25, 0.3) is 5.91 Å². The van der Waals surface area contributed by atoms with Crippen LogP contribution in [0, 0.1) is 0 Å². The van der Waals surface area contributed by atoms with Crippen LogP contribution in [-0.4, -0.2) is 63.9 Å². The lowest BCUT2D eigenvalue weighted by Crippen LogP contribution is -2.46. The maximum Gasteiger partial charge on any atom is 0.261 e. The minimum absolute atomic E-state index is 0. The molecule has 0 saturated carbocycles. The molecule has 1 saturated heterocycles. The number of amides is 1. The van der Waals surface area contributed by atoms with E-state index in [1.54, 1.807) is 24.6 Å². The average molecular weight is 437 g/mol. The molecule has 156 valence electrons. The molecule has 0 spiro atoms. The van der Waals surface area contributed by atoms with Crippen LogP contribution in [0.3, 0.4) is 0 Å². The molecule has 3 aromatic heterocycles. The second-order valence-electron chi connectivity index (χ2n) is 7.57. The lowest BCUT2D eigenvalue weighted by molar-refractivity contribution is 0.0873. The van der Waals surface area contributed by atoms with Gasteiger partial charge in [0.2, 0.25) is 0 Å². The Balaban J connectivity index is 0.00000240. The van der Waals surface area contributed by atoms with Crippen LogP contribution in [-0.2, 0) is 0 Å². The van der Waals surface area contributed by atoms with Crippen molar-refractivity contribution in [2.24, 2.45) is 0 Å². The van der Waals surface area contributed by atoms with Gasteiger partial charge in [0.15, 0.2) is 5.65 Å². The minimum Gasteiger partial charge on any atom is -0.394 e. The first-order chi connectivity index (χ1) is 13.5. The molecule has 10 heteroatoms. The van der Waals surface area contributed by atoms with Crippen molar-refractivity contribution in [3.63, 3.8) is 0 Å². The molecule has 0 atom stereocenters. The number of piperazine rings is 1. The third kappa shape index (κ3) is 4.53. The largest absolute Gasteiger partial charge is 0.394 e. The fourth-order valence-electron chi connectivity index (χ4n) is 3.16. The predicted molar refractivity (Wildman–Crippen MR) is 117 cm³/mol. The summed E-state index contributed by atoms with van der Waals surface area (Å²) >= 11 is 1.37. The zero-order chi connectivity index (χ0) is 19.7. The number of hydrogen-bond acceptors (Lipinski definition) is 7. The van der Waals surface area contributed by atoms with Gasteiger partial charge in [-0.15, -0.1) is 23.7 Å². The van der Waals surface area contributed by atoms with Crippen molar-refractivity contribution in [3.05, 3.63) is 34.9 Å². The number of halogens is 1. The maximum absolute atomic E-state index is 12.4. The monoisotopic (exact) mass is 436 g/mol. The zero-order valence-corrected chi connectivity index (χ0v) is 18.0. The van der Waals surface area contributed by atoms with Crippen molar-refractivity contribution >= 4 is 41.0 Å². The van der Waals surface area contributed by atoms with Gasteiger partial charge in [-0.2, -0.15) is 5.10 Å². The topological polar surface area (TPSA) is 94.8 Å². The Morgan fingerprint density at radius 2 is 2.10 bits per heavy atom. The highest BCUT2D eigenvalue weighted by Gasteiger charge is 2.22. The standard InChI is InChI=1S/C19H24N6O2S.ClH/c1-19(2,12-26)23-18(27)16-7-13(11-28-16)15-9-22-25-10-14(8-21-17(15)25)24-5-3-20-4-6-24;/h7-11,20,26H,3-6,12H2,1-2H3,(H,23,27);1H. The van der Waals surface area contributed by atoms with Crippen molar-refractivity contribution in [3.8, 4) is 11.1 Å². The van der Waals surface area contributed by atoms with Crippen LogP contribution in [0.5, 0.6) is 0 Å². The van der Waals surface area contributed by atoms with Crippen molar-refractivity contribution in [1.82, 2.24) is 25.2 Å². The van der Waals surface area contributed by atoms with E-state index in [2.05, 4.69) is 25.6 Å². The summed E-state index contributed by atoms with van der Waals surface area (Å²) in [5.74, 6) is -0.194. The second kappa shape index (κ2) is 8.66. The van der Waals surface area contributed by atoms with E-state index >= 15 is 0 Å². The fraction of sp³-hybridized carbons (Fsp3) is 0.421. The Morgan fingerprint density at radius 3 is 2.83 bits per heavy atom. The van der Waals surface area contributed by atoms with Gasteiger partial charge < -0.3 is 20.6 Å². The van der Waals surface area contributed by atoms with Gasteiger partial charge in [-0.05, 0) is 30.9 Å². The Kier molecular flexibility index (Phi) is 6.42. The number of carbonyl (C=O) groups excluding carboxylic acids is 1. The summed E-state index contributed by atoms with van der Waals surface area (Å²) in [4.78, 5) is 19.9. The van der Waals surface area contributed by atoms with Gasteiger partial charge in [-0.3, -0.25) is 4.79 Å². The Hall–Kier alpha value is -2.20.